The number of hydrogen-bond donors (Lipinski definition) is 0. The number of hydrogen-bond acceptors (Lipinski definition) is 5. The van der Waals surface area contributed by atoms with Crippen molar-refractivity contribution in [1.82, 2.24) is 19.7 Å². The highest BCUT2D eigenvalue weighted by Crippen LogP contribution is 2.28. The number of aromatic nitrogens is 4. The first-order valence-corrected chi connectivity index (χ1v) is 8.76. The normalized spacial score (nSPS) is 21.0. The van der Waals surface area contributed by atoms with Crippen LogP contribution in [0.5, 0.6) is 0 Å². The van der Waals surface area contributed by atoms with Crippen LogP contribution in [0.25, 0.3) is 16.7 Å². The zero-order valence-electron chi connectivity index (χ0n) is 14.5. The van der Waals surface area contributed by atoms with E-state index in [1.54, 1.807) is 6.33 Å². The van der Waals surface area contributed by atoms with E-state index in [0.717, 1.165) is 41.2 Å². The van der Waals surface area contributed by atoms with Crippen LogP contribution in [0.4, 0.5) is 5.82 Å². The van der Waals surface area contributed by atoms with Crippen LogP contribution in [0.3, 0.4) is 0 Å². The molecule has 0 spiro atoms. The number of anilines is 1. The minimum absolute atomic E-state index is 0.169. The Morgan fingerprint density at radius 3 is 2.64 bits per heavy atom. The third kappa shape index (κ3) is 2.96. The lowest BCUT2D eigenvalue weighted by molar-refractivity contribution is -0.00537. The summed E-state index contributed by atoms with van der Waals surface area (Å²) < 4.78 is 7.68. The van der Waals surface area contributed by atoms with Gasteiger partial charge in [-0.3, -0.25) is 0 Å². The van der Waals surface area contributed by atoms with Crippen molar-refractivity contribution in [1.29, 1.82) is 0 Å². The molecule has 2 aromatic heterocycles. The summed E-state index contributed by atoms with van der Waals surface area (Å²) in [5.74, 6) is 0.907. The van der Waals surface area contributed by atoms with Gasteiger partial charge in [-0.15, -0.1) is 0 Å². The Kier molecular flexibility index (Phi) is 4.09. The number of nitrogens with zero attached hydrogens (tertiary/aromatic N) is 5. The predicted octanol–water partition coefficient (Wildman–Crippen LogP) is 3.39. The third-order valence-electron chi connectivity index (χ3n) is 4.45. The second kappa shape index (κ2) is 6.28. The van der Waals surface area contributed by atoms with Crippen molar-refractivity contribution >= 4 is 28.5 Å². The molecule has 4 rings (SSSR count). The summed E-state index contributed by atoms with van der Waals surface area (Å²) in [5, 5.41) is 6.22. The maximum atomic E-state index is 6.08. The molecule has 2 atom stereocenters. The minimum atomic E-state index is 0.169. The molecule has 1 aliphatic rings. The van der Waals surface area contributed by atoms with Crippen LogP contribution in [-0.2, 0) is 4.74 Å². The molecular weight excluding hydrogens is 338 g/mol. The van der Waals surface area contributed by atoms with E-state index in [-0.39, 0.29) is 12.2 Å². The highest BCUT2D eigenvalue weighted by atomic mass is 35.5. The SMILES string of the molecule is Cc1cc(Cl)ccc1-n1ncc2c(N3CC(C)OC(C)C3)ncnc21. The molecule has 0 bridgehead atoms. The molecule has 0 amide bonds. The van der Waals surface area contributed by atoms with E-state index in [1.807, 2.05) is 36.0 Å². The van der Waals surface area contributed by atoms with Gasteiger partial charge in [0.05, 0.1) is 29.5 Å². The van der Waals surface area contributed by atoms with E-state index in [1.165, 1.54) is 0 Å². The molecule has 25 heavy (non-hydrogen) atoms. The van der Waals surface area contributed by atoms with Crippen LogP contribution < -0.4 is 4.90 Å². The topological polar surface area (TPSA) is 56.1 Å². The number of rotatable bonds is 2. The number of fused-ring (bicyclic) bond motifs is 1. The van der Waals surface area contributed by atoms with Gasteiger partial charge in [-0.25, -0.2) is 14.6 Å². The van der Waals surface area contributed by atoms with E-state index in [0.29, 0.717) is 5.02 Å². The Bertz CT molecular complexity index is 915. The number of aryl methyl sites for hydroxylation is 1. The average molecular weight is 358 g/mol. The standard InChI is InChI=1S/C18H20ClN5O/c1-11-6-14(19)4-5-16(11)24-18-15(7-22-24)17(20-10-21-18)23-8-12(2)25-13(3)9-23/h4-7,10,12-13H,8-9H2,1-3H3. The molecule has 130 valence electrons. The molecule has 1 aliphatic heterocycles. The maximum Gasteiger partial charge on any atom is 0.168 e. The van der Waals surface area contributed by atoms with Gasteiger partial charge in [0.15, 0.2) is 5.65 Å². The van der Waals surface area contributed by atoms with E-state index < -0.39 is 0 Å². The van der Waals surface area contributed by atoms with Gasteiger partial charge < -0.3 is 9.64 Å². The van der Waals surface area contributed by atoms with Crippen molar-refractivity contribution in [2.24, 2.45) is 0 Å². The molecule has 2 unspecified atom stereocenters. The second-order valence-corrected chi connectivity index (χ2v) is 7.02. The van der Waals surface area contributed by atoms with E-state index >= 15 is 0 Å². The first kappa shape index (κ1) is 16.3. The molecule has 1 aromatic carbocycles. The summed E-state index contributed by atoms with van der Waals surface area (Å²) in [5.41, 5.74) is 2.81. The van der Waals surface area contributed by atoms with Crippen molar-refractivity contribution in [3.05, 3.63) is 41.3 Å². The van der Waals surface area contributed by atoms with Crippen molar-refractivity contribution in [2.75, 3.05) is 18.0 Å². The molecule has 6 nitrogen and oxygen atoms in total. The van der Waals surface area contributed by atoms with Crippen molar-refractivity contribution in [3.8, 4) is 5.69 Å². The second-order valence-electron chi connectivity index (χ2n) is 6.58. The highest BCUT2D eigenvalue weighted by molar-refractivity contribution is 6.30. The molecule has 3 heterocycles. The molecule has 3 aromatic rings. The fourth-order valence-electron chi connectivity index (χ4n) is 3.47. The first-order valence-electron chi connectivity index (χ1n) is 8.38. The summed E-state index contributed by atoms with van der Waals surface area (Å²) in [6.45, 7) is 7.80. The van der Waals surface area contributed by atoms with Gasteiger partial charge in [-0.2, -0.15) is 5.10 Å². The molecule has 7 heteroatoms. The van der Waals surface area contributed by atoms with Crippen LogP contribution in [-0.4, -0.2) is 45.0 Å². The Morgan fingerprint density at radius 1 is 1.16 bits per heavy atom. The number of ether oxygens (including phenoxy) is 1. The Hall–Kier alpha value is -2.18. The van der Waals surface area contributed by atoms with Crippen molar-refractivity contribution in [3.63, 3.8) is 0 Å². The molecule has 0 radical (unpaired) electrons. The number of morpholine rings is 1. The molecule has 1 saturated heterocycles. The molecule has 0 N–H and O–H groups in total. The largest absolute Gasteiger partial charge is 0.372 e. The highest BCUT2D eigenvalue weighted by Gasteiger charge is 2.25. The third-order valence-corrected chi connectivity index (χ3v) is 4.69. The van der Waals surface area contributed by atoms with Gasteiger partial charge in [0.25, 0.3) is 0 Å². The van der Waals surface area contributed by atoms with Gasteiger partial charge >= 0.3 is 0 Å². The summed E-state index contributed by atoms with van der Waals surface area (Å²) in [4.78, 5) is 11.3. The van der Waals surface area contributed by atoms with Crippen LogP contribution in [0, 0.1) is 6.92 Å². The maximum absolute atomic E-state index is 6.08. The molecular formula is C18H20ClN5O. The summed E-state index contributed by atoms with van der Waals surface area (Å²) >= 11 is 6.08. The van der Waals surface area contributed by atoms with Crippen molar-refractivity contribution in [2.45, 2.75) is 33.0 Å². The zero-order valence-corrected chi connectivity index (χ0v) is 15.2. The van der Waals surface area contributed by atoms with Gasteiger partial charge in [0.1, 0.15) is 12.1 Å². The van der Waals surface area contributed by atoms with Crippen molar-refractivity contribution < 1.29 is 4.74 Å². The van der Waals surface area contributed by atoms with Gasteiger partial charge in [-0.1, -0.05) is 11.6 Å². The number of halogens is 1. The summed E-state index contributed by atoms with van der Waals surface area (Å²) in [7, 11) is 0. The summed E-state index contributed by atoms with van der Waals surface area (Å²) in [6.07, 6.45) is 3.78. The first-order chi connectivity index (χ1) is 12.0. The quantitative estimate of drug-likeness (QED) is 0.703. The lowest BCUT2D eigenvalue weighted by Gasteiger charge is -2.36. The minimum Gasteiger partial charge on any atom is -0.372 e. The van der Waals surface area contributed by atoms with E-state index in [9.17, 15) is 0 Å². The molecule has 0 saturated carbocycles. The smallest absolute Gasteiger partial charge is 0.168 e. The monoisotopic (exact) mass is 357 g/mol. The van der Waals surface area contributed by atoms with Crippen LogP contribution >= 0.6 is 11.6 Å². The zero-order chi connectivity index (χ0) is 17.6. The van der Waals surface area contributed by atoms with Crippen LogP contribution in [0.2, 0.25) is 5.02 Å². The van der Waals surface area contributed by atoms with E-state index in [4.69, 9.17) is 16.3 Å². The summed E-state index contributed by atoms with van der Waals surface area (Å²) in [6, 6.07) is 5.76. The predicted molar refractivity (Wildman–Crippen MR) is 98.6 cm³/mol. The Morgan fingerprint density at radius 2 is 1.92 bits per heavy atom. The fraction of sp³-hybridized carbons (Fsp3) is 0.389. The van der Waals surface area contributed by atoms with Gasteiger partial charge in [0.2, 0.25) is 0 Å². The number of benzene rings is 1. The Balaban J connectivity index is 1.81. The average Bonchev–Trinajstić information content (AvgIpc) is 2.98. The lowest BCUT2D eigenvalue weighted by atomic mass is 10.2. The van der Waals surface area contributed by atoms with Gasteiger partial charge in [0, 0.05) is 18.1 Å². The van der Waals surface area contributed by atoms with Crippen LogP contribution in [0.15, 0.2) is 30.7 Å². The molecule has 0 aliphatic carbocycles. The lowest BCUT2D eigenvalue weighted by Crippen LogP contribution is -2.45. The van der Waals surface area contributed by atoms with Gasteiger partial charge in [-0.05, 0) is 44.5 Å². The fourth-order valence-corrected chi connectivity index (χ4v) is 3.69. The van der Waals surface area contributed by atoms with Crippen LogP contribution in [0.1, 0.15) is 19.4 Å². The molecule has 1 fully saturated rings. The van der Waals surface area contributed by atoms with E-state index in [2.05, 4.69) is 33.8 Å². The Labute approximate surface area is 151 Å².